The Morgan fingerprint density at radius 3 is 2.55 bits per heavy atom. The van der Waals surface area contributed by atoms with E-state index in [4.69, 9.17) is 5.26 Å². The Bertz CT molecular complexity index is 627. The molecular weight excluding hydrogens is 260 g/mol. The van der Waals surface area contributed by atoms with Gasteiger partial charge >= 0.3 is 5.97 Å². The second-order valence-corrected chi connectivity index (χ2v) is 4.02. The van der Waals surface area contributed by atoms with E-state index in [1.54, 1.807) is 24.3 Å². The van der Waals surface area contributed by atoms with Crippen LogP contribution in [0.1, 0.15) is 24.0 Å². The lowest BCUT2D eigenvalue weighted by Gasteiger charge is -2.10. The van der Waals surface area contributed by atoms with E-state index in [9.17, 15) is 14.4 Å². The number of amides is 2. The van der Waals surface area contributed by atoms with Crippen molar-refractivity contribution in [1.29, 1.82) is 5.26 Å². The number of nitrogens with zero attached hydrogens (tertiary/aromatic N) is 2. The Labute approximate surface area is 114 Å². The Balaban J connectivity index is 2.05. The lowest BCUT2D eigenvalue weighted by atomic mass is 10.1. The lowest BCUT2D eigenvalue weighted by molar-refractivity contribution is -0.193. The standard InChI is InChI=1S/C14H10N2O4/c15-9-11-4-2-1-3-10(11)5-8-14(19)20-16-12(17)6-7-13(16)18/h1-5,8H,6-7H2/b8-5+. The number of rotatable bonds is 3. The fourth-order valence-corrected chi connectivity index (χ4v) is 1.68. The van der Waals surface area contributed by atoms with Gasteiger partial charge in [0.25, 0.3) is 11.8 Å². The Hall–Kier alpha value is -2.94. The topological polar surface area (TPSA) is 87.5 Å². The monoisotopic (exact) mass is 270 g/mol. The second-order valence-electron chi connectivity index (χ2n) is 4.02. The highest BCUT2D eigenvalue weighted by Crippen LogP contribution is 2.13. The van der Waals surface area contributed by atoms with Crippen LogP contribution in [0.15, 0.2) is 30.3 Å². The maximum absolute atomic E-state index is 11.5. The molecule has 0 aromatic heterocycles. The molecule has 0 unspecified atom stereocenters. The number of hydroxylamine groups is 2. The van der Waals surface area contributed by atoms with Crippen LogP contribution in [0.4, 0.5) is 0 Å². The van der Waals surface area contributed by atoms with Gasteiger partial charge in [-0.3, -0.25) is 9.59 Å². The largest absolute Gasteiger partial charge is 0.356 e. The maximum atomic E-state index is 11.5. The molecule has 0 radical (unpaired) electrons. The fraction of sp³-hybridized carbons (Fsp3) is 0.143. The SMILES string of the molecule is N#Cc1ccccc1/C=C/C(=O)ON1C(=O)CCC1=O. The molecule has 0 saturated carbocycles. The number of hydrogen-bond donors (Lipinski definition) is 0. The first-order valence-corrected chi connectivity index (χ1v) is 5.87. The molecule has 0 bridgehead atoms. The van der Waals surface area contributed by atoms with Crippen LogP contribution in [0, 0.1) is 11.3 Å². The summed E-state index contributed by atoms with van der Waals surface area (Å²) in [5.74, 6) is -1.91. The normalized spacial score (nSPS) is 14.7. The predicted octanol–water partition coefficient (Wildman–Crippen LogP) is 1.18. The molecule has 0 atom stereocenters. The fourth-order valence-electron chi connectivity index (χ4n) is 1.68. The minimum Gasteiger partial charge on any atom is -0.326 e. The molecule has 0 spiro atoms. The highest BCUT2D eigenvalue weighted by molar-refractivity contribution is 6.02. The molecular formula is C14H10N2O4. The molecule has 6 nitrogen and oxygen atoms in total. The van der Waals surface area contributed by atoms with Gasteiger partial charge in [0.2, 0.25) is 0 Å². The van der Waals surface area contributed by atoms with E-state index in [0.29, 0.717) is 16.2 Å². The summed E-state index contributed by atoms with van der Waals surface area (Å²) in [5.41, 5.74) is 0.955. The van der Waals surface area contributed by atoms with Crippen LogP contribution in [-0.4, -0.2) is 22.8 Å². The van der Waals surface area contributed by atoms with Crippen molar-refractivity contribution in [3.63, 3.8) is 0 Å². The Morgan fingerprint density at radius 1 is 1.25 bits per heavy atom. The number of hydrogen-bond acceptors (Lipinski definition) is 5. The van der Waals surface area contributed by atoms with Crippen LogP contribution >= 0.6 is 0 Å². The Morgan fingerprint density at radius 2 is 1.90 bits per heavy atom. The van der Waals surface area contributed by atoms with E-state index in [0.717, 1.165) is 6.08 Å². The summed E-state index contributed by atoms with van der Waals surface area (Å²) < 4.78 is 0. The molecule has 6 heteroatoms. The first-order valence-electron chi connectivity index (χ1n) is 5.87. The number of carbonyl (C=O) groups excluding carboxylic acids is 3. The van der Waals surface area contributed by atoms with Crippen LogP contribution in [0.5, 0.6) is 0 Å². The van der Waals surface area contributed by atoms with Gasteiger partial charge in [-0.1, -0.05) is 18.2 Å². The number of carbonyl (C=O) groups is 3. The van der Waals surface area contributed by atoms with Crippen molar-refractivity contribution in [3.8, 4) is 6.07 Å². The third-order valence-corrected chi connectivity index (χ3v) is 2.67. The van der Waals surface area contributed by atoms with Gasteiger partial charge in [-0.2, -0.15) is 5.26 Å². The molecule has 1 saturated heterocycles. The molecule has 2 rings (SSSR count). The van der Waals surface area contributed by atoms with Crippen LogP contribution < -0.4 is 0 Å². The minimum absolute atomic E-state index is 0.0487. The smallest absolute Gasteiger partial charge is 0.326 e. The summed E-state index contributed by atoms with van der Waals surface area (Å²) in [4.78, 5) is 38.7. The van der Waals surface area contributed by atoms with Gasteiger partial charge in [0.05, 0.1) is 11.6 Å². The second kappa shape index (κ2) is 5.80. The Kier molecular flexibility index (Phi) is 3.91. The molecule has 0 N–H and O–H groups in total. The van der Waals surface area contributed by atoms with E-state index in [2.05, 4.69) is 4.84 Å². The van der Waals surface area contributed by atoms with Crippen molar-refractivity contribution in [2.75, 3.05) is 0 Å². The van der Waals surface area contributed by atoms with Crippen LogP contribution in [0.3, 0.4) is 0 Å². The highest BCUT2D eigenvalue weighted by atomic mass is 16.7. The van der Waals surface area contributed by atoms with Crippen molar-refractivity contribution < 1.29 is 19.2 Å². The van der Waals surface area contributed by atoms with Gasteiger partial charge in [0.15, 0.2) is 0 Å². The van der Waals surface area contributed by atoms with E-state index >= 15 is 0 Å². The van der Waals surface area contributed by atoms with E-state index in [1.165, 1.54) is 6.08 Å². The molecule has 1 aromatic rings. The summed E-state index contributed by atoms with van der Waals surface area (Å²) in [6, 6.07) is 8.68. The maximum Gasteiger partial charge on any atom is 0.356 e. The summed E-state index contributed by atoms with van der Waals surface area (Å²) in [5, 5.41) is 9.36. The van der Waals surface area contributed by atoms with Gasteiger partial charge in [-0.05, 0) is 17.7 Å². The first-order chi connectivity index (χ1) is 9.61. The van der Waals surface area contributed by atoms with Gasteiger partial charge in [0, 0.05) is 18.9 Å². The van der Waals surface area contributed by atoms with Gasteiger partial charge in [-0.25, -0.2) is 4.79 Å². The number of benzene rings is 1. The predicted molar refractivity (Wildman–Crippen MR) is 67.4 cm³/mol. The van der Waals surface area contributed by atoms with Crippen molar-refractivity contribution in [2.45, 2.75) is 12.8 Å². The lowest BCUT2D eigenvalue weighted by Crippen LogP contribution is -2.31. The van der Waals surface area contributed by atoms with E-state index in [1.807, 2.05) is 6.07 Å². The molecule has 20 heavy (non-hydrogen) atoms. The first kappa shape index (κ1) is 13.5. The van der Waals surface area contributed by atoms with Gasteiger partial charge in [0.1, 0.15) is 0 Å². The zero-order chi connectivity index (χ0) is 14.5. The average Bonchev–Trinajstić information content (AvgIpc) is 2.77. The van der Waals surface area contributed by atoms with Crippen LogP contribution in [0.25, 0.3) is 6.08 Å². The minimum atomic E-state index is -0.846. The highest BCUT2D eigenvalue weighted by Gasteiger charge is 2.32. The molecule has 0 aliphatic carbocycles. The van der Waals surface area contributed by atoms with Gasteiger partial charge < -0.3 is 4.84 Å². The van der Waals surface area contributed by atoms with E-state index < -0.39 is 17.8 Å². The van der Waals surface area contributed by atoms with Crippen molar-refractivity contribution in [2.24, 2.45) is 0 Å². The van der Waals surface area contributed by atoms with Crippen LogP contribution in [0.2, 0.25) is 0 Å². The average molecular weight is 270 g/mol. The quantitative estimate of drug-likeness (QED) is 0.608. The molecule has 1 aromatic carbocycles. The van der Waals surface area contributed by atoms with Crippen molar-refractivity contribution >= 4 is 23.9 Å². The molecule has 1 fully saturated rings. The molecule has 1 heterocycles. The number of imide groups is 1. The molecule has 1 aliphatic rings. The summed E-state index contributed by atoms with van der Waals surface area (Å²) in [6.45, 7) is 0. The summed E-state index contributed by atoms with van der Waals surface area (Å²) >= 11 is 0. The van der Waals surface area contributed by atoms with Crippen molar-refractivity contribution in [3.05, 3.63) is 41.5 Å². The molecule has 1 aliphatic heterocycles. The summed E-state index contributed by atoms with van der Waals surface area (Å²) in [7, 11) is 0. The molecule has 2 amide bonds. The van der Waals surface area contributed by atoms with Gasteiger partial charge in [-0.15, -0.1) is 5.06 Å². The third-order valence-electron chi connectivity index (χ3n) is 2.67. The summed E-state index contributed by atoms with van der Waals surface area (Å²) in [6.07, 6.45) is 2.56. The van der Waals surface area contributed by atoms with E-state index in [-0.39, 0.29) is 12.8 Å². The van der Waals surface area contributed by atoms with Crippen molar-refractivity contribution in [1.82, 2.24) is 5.06 Å². The zero-order valence-electron chi connectivity index (χ0n) is 10.4. The third kappa shape index (κ3) is 2.90. The molecule has 100 valence electrons. The number of nitriles is 1. The van der Waals surface area contributed by atoms with Crippen LogP contribution in [-0.2, 0) is 19.2 Å². The zero-order valence-corrected chi connectivity index (χ0v) is 10.4.